The average molecular weight is 280 g/mol. The molecule has 5 nitrogen and oxygen atoms in total. The minimum absolute atomic E-state index is 0.0153. The number of carboxylic acids is 1. The highest BCUT2D eigenvalue weighted by Crippen LogP contribution is 2.23. The molecule has 0 unspecified atom stereocenters. The Morgan fingerprint density at radius 2 is 2.21 bits per heavy atom. The monoisotopic (exact) mass is 279 g/mol. The quantitative estimate of drug-likeness (QED) is 0.934. The van der Waals surface area contributed by atoms with Crippen LogP contribution in [0.5, 0.6) is 0 Å². The van der Waals surface area contributed by atoms with Gasteiger partial charge in [-0.15, -0.1) is 5.10 Å². The van der Waals surface area contributed by atoms with Gasteiger partial charge in [-0.05, 0) is 31.0 Å². The van der Waals surface area contributed by atoms with E-state index >= 15 is 0 Å². The van der Waals surface area contributed by atoms with Crippen molar-refractivity contribution in [3.05, 3.63) is 40.2 Å². The lowest BCUT2D eigenvalue weighted by molar-refractivity contribution is 0.0689. The minimum atomic E-state index is -1.07. The van der Waals surface area contributed by atoms with Gasteiger partial charge in [0.05, 0.1) is 16.4 Å². The summed E-state index contributed by atoms with van der Waals surface area (Å²) in [6.07, 6.45) is 1.38. The number of hydrogen-bond donors (Lipinski definition) is 1. The number of aryl methyl sites for hydroxylation is 1. The van der Waals surface area contributed by atoms with Gasteiger partial charge < -0.3 is 5.11 Å². The second-order valence-corrected chi connectivity index (χ2v) is 4.71. The first-order valence-corrected chi connectivity index (χ1v) is 6.36. The van der Waals surface area contributed by atoms with Crippen molar-refractivity contribution < 1.29 is 9.90 Å². The van der Waals surface area contributed by atoms with E-state index < -0.39 is 5.97 Å². The van der Waals surface area contributed by atoms with Crippen molar-refractivity contribution in [1.29, 1.82) is 0 Å². The Labute approximate surface area is 115 Å². The smallest absolute Gasteiger partial charge is 0.358 e. The van der Waals surface area contributed by atoms with E-state index in [4.69, 9.17) is 16.7 Å². The highest BCUT2D eigenvalue weighted by molar-refractivity contribution is 6.32. The maximum Gasteiger partial charge on any atom is 0.358 e. The Morgan fingerprint density at radius 1 is 1.47 bits per heavy atom. The zero-order chi connectivity index (χ0) is 14.0. The Morgan fingerprint density at radius 3 is 2.79 bits per heavy atom. The highest BCUT2D eigenvalue weighted by atomic mass is 35.5. The van der Waals surface area contributed by atoms with Crippen LogP contribution in [0.25, 0.3) is 5.69 Å². The maximum atomic E-state index is 11.1. The molecule has 19 heavy (non-hydrogen) atoms. The zero-order valence-corrected chi connectivity index (χ0v) is 11.5. The van der Waals surface area contributed by atoms with Crippen LogP contribution in [-0.2, 0) is 6.42 Å². The molecule has 0 fully saturated rings. The fraction of sp³-hybridized carbons (Fsp3) is 0.308. The van der Waals surface area contributed by atoms with Gasteiger partial charge in [0.25, 0.3) is 0 Å². The standard InChI is InChI=1S/C13H14ClN3O2/c1-3-4-11-12(13(18)19)15-16-17(11)10-6-5-8(2)7-9(10)14/h5-7H,3-4H2,1-2H3,(H,18,19). The molecule has 0 bridgehead atoms. The van der Waals surface area contributed by atoms with E-state index in [0.29, 0.717) is 22.8 Å². The van der Waals surface area contributed by atoms with Gasteiger partial charge in [-0.2, -0.15) is 0 Å². The van der Waals surface area contributed by atoms with Crippen LogP contribution in [-0.4, -0.2) is 26.1 Å². The first-order chi connectivity index (χ1) is 9.04. The molecule has 0 amide bonds. The van der Waals surface area contributed by atoms with Crippen LogP contribution in [0, 0.1) is 6.92 Å². The van der Waals surface area contributed by atoms with Crippen molar-refractivity contribution in [2.24, 2.45) is 0 Å². The van der Waals surface area contributed by atoms with Gasteiger partial charge >= 0.3 is 5.97 Å². The van der Waals surface area contributed by atoms with E-state index in [-0.39, 0.29) is 5.69 Å². The van der Waals surface area contributed by atoms with Crippen molar-refractivity contribution in [3.8, 4) is 5.69 Å². The maximum absolute atomic E-state index is 11.1. The van der Waals surface area contributed by atoms with Crippen LogP contribution in [0.15, 0.2) is 18.2 Å². The minimum Gasteiger partial charge on any atom is -0.476 e. The summed E-state index contributed by atoms with van der Waals surface area (Å²) in [5.41, 5.74) is 2.24. The van der Waals surface area contributed by atoms with Crippen LogP contribution >= 0.6 is 11.6 Å². The van der Waals surface area contributed by atoms with Gasteiger partial charge in [0.1, 0.15) is 0 Å². The Bertz CT molecular complexity index is 622. The molecule has 0 aliphatic carbocycles. The van der Waals surface area contributed by atoms with Crippen molar-refractivity contribution in [1.82, 2.24) is 15.0 Å². The normalized spacial score (nSPS) is 10.7. The van der Waals surface area contributed by atoms with Crippen molar-refractivity contribution in [3.63, 3.8) is 0 Å². The fourth-order valence-electron chi connectivity index (χ4n) is 1.91. The molecule has 0 aliphatic heterocycles. The topological polar surface area (TPSA) is 68.0 Å². The van der Waals surface area contributed by atoms with Crippen LogP contribution in [0.2, 0.25) is 5.02 Å². The second kappa shape index (κ2) is 5.40. The molecule has 2 rings (SSSR count). The van der Waals surface area contributed by atoms with Crippen molar-refractivity contribution in [2.75, 3.05) is 0 Å². The van der Waals surface area contributed by atoms with Crippen LogP contribution < -0.4 is 0 Å². The van der Waals surface area contributed by atoms with E-state index in [1.807, 2.05) is 32.0 Å². The summed E-state index contributed by atoms with van der Waals surface area (Å²) in [6, 6.07) is 5.53. The number of carboxylic acid groups (broad SMARTS) is 1. The van der Waals surface area contributed by atoms with Gasteiger partial charge in [0.15, 0.2) is 5.69 Å². The van der Waals surface area contributed by atoms with Crippen molar-refractivity contribution >= 4 is 17.6 Å². The lowest BCUT2D eigenvalue weighted by Gasteiger charge is -2.08. The van der Waals surface area contributed by atoms with E-state index in [1.165, 1.54) is 4.68 Å². The summed E-state index contributed by atoms with van der Waals surface area (Å²) in [7, 11) is 0. The van der Waals surface area contributed by atoms with Gasteiger partial charge in [-0.3, -0.25) is 0 Å². The van der Waals surface area contributed by atoms with Gasteiger partial charge in [-0.25, -0.2) is 9.48 Å². The van der Waals surface area contributed by atoms with Gasteiger partial charge in [0.2, 0.25) is 0 Å². The molecule has 0 atom stereocenters. The first-order valence-electron chi connectivity index (χ1n) is 5.99. The summed E-state index contributed by atoms with van der Waals surface area (Å²) in [4.78, 5) is 11.1. The van der Waals surface area contributed by atoms with Crippen LogP contribution in [0.1, 0.15) is 35.1 Å². The molecule has 0 saturated heterocycles. The van der Waals surface area contributed by atoms with Crippen molar-refractivity contribution in [2.45, 2.75) is 26.7 Å². The summed E-state index contributed by atoms with van der Waals surface area (Å²) >= 11 is 6.19. The first kappa shape index (κ1) is 13.5. The second-order valence-electron chi connectivity index (χ2n) is 4.31. The predicted molar refractivity (Wildman–Crippen MR) is 72.1 cm³/mol. The molecule has 2 aromatic rings. The number of benzene rings is 1. The highest BCUT2D eigenvalue weighted by Gasteiger charge is 2.20. The predicted octanol–water partition coefficient (Wildman–Crippen LogP) is 2.88. The average Bonchev–Trinajstić information content (AvgIpc) is 2.73. The molecular formula is C13H14ClN3O2. The largest absolute Gasteiger partial charge is 0.476 e. The molecule has 1 aromatic carbocycles. The number of halogens is 1. The summed E-state index contributed by atoms with van der Waals surface area (Å²) in [5.74, 6) is -1.07. The number of rotatable bonds is 4. The van der Waals surface area contributed by atoms with Crippen LogP contribution in [0.3, 0.4) is 0 Å². The summed E-state index contributed by atoms with van der Waals surface area (Å²) < 4.78 is 1.51. The molecule has 1 heterocycles. The number of nitrogens with zero attached hydrogens (tertiary/aromatic N) is 3. The number of carbonyl (C=O) groups is 1. The zero-order valence-electron chi connectivity index (χ0n) is 10.7. The van der Waals surface area contributed by atoms with Crippen LogP contribution in [0.4, 0.5) is 0 Å². The third-order valence-electron chi connectivity index (χ3n) is 2.78. The fourth-order valence-corrected chi connectivity index (χ4v) is 2.22. The van der Waals surface area contributed by atoms with E-state index in [0.717, 1.165) is 12.0 Å². The number of aromatic carboxylic acids is 1. The number of hydrogen-bond acceptors (Lipinski definition) is 3. The van der Waals surface area contributed by atoms with Gasteiger partial charge in [-0.1, -0.05) is 36.2 Å². The summed E-state index contributed by atoms with van der Waals surface area (Å²) in [6.45, 7) is 3.91. The molecular weight excluding hydrogens is 266 g/mol. The molecule has 6 heteroatoms. The lowest BCUT2D eigenvalue weighted by atomic mass is 10.2. The molecule has 0 spiro atoms. The molecule has 100 valence electrons. The van der Waals surface area contributed by atoms with E-state index in [1.54, 1.807) is 0 Å². The lowest BCUT2D eigenvalue weighted by Crippen LogP contribution is -2.07. The third-order valence-corrected chi connectivity index (χ3v) is 3.09. The molecule has 1 aromatic heterocycles. The SMILES string of the molecule is CCCc1c(C(=O)O)nnn1-c1ccc(C)cc1Cl. The van der Waals surface area contributed by atoms with E-state index in [2.05, 4.69) is 10.3 Å². The molecule has 0 saturated carbocycles. The van der Waals surface area contributed by atoms with Gasteiger partial charge in [0, 0.05) is 0 Å². The molecule has 1 N–H and O–H groups in total. The Hall–Kier alpha value is -1.88. The Kier molecular flexibility index (Phi) is 3.85. The molecule has 0 aliphatic rings. The number of aromatic nitrogens is 3. The Balaban J connectivity index is 2.58. The molecule has 0 radical (unpaired) electrons. The van der Waals surface area contributed by atoms with E-state index in [9.17, 15) is 4.79 Å². The third kappa shape index (κ3) is 2.61. The summed E-state index contributed by atoms with van der Waals surface area (Å²) in [5, 5.41) is 17.3.